The lowest BCUT2D eigenvalue weighted by atomic mass is 9.96. The Hall–Kier alpha value is -1.36. The molecular weight excluding hydrogens is 220 g/mol. The van der Waals surface area contributed by atoms with E-state index in [0.717, 1.165) is 0 Å². The van der Waals surface area contributed by atoms with Crippen LogP contribution >= 0.6 is 0 Å². The highest BCUT2D eigenvalue weighted by Crippen LogP contribution is 2.11. The molecule has 0 saturated carbocycles. The summed E-state index contributed by atoms with van der Waals surface area (Å²) in [4.78, 5) is 24.7. The fourth-order valence-electron chi connectivity index (χ4n) is 1.13. The Labute approximate surface area is 102 Å². The van der Waals surface area contributed by atoms with Crippen LogP contribution < -0.4 is 5.32 Å². The first-order chi connectivity index (χ1) is 7.82. The average molecular weight is 242 g/mol. The minimum atomic E-state index is -0.513. The summed E-state index contributed by atoms with van der Waals surface area (Å²) in [6, 6.07) is 0. The zero-order chi connectivity index (χ0) is 13.5. The number of nitrogens with zero attached hydrogens (tertiary/aromatic N) is 1. The number of amides is 2. The standard InChI is InChI=1S/C12H22N2O3/c1-5-6-14(7-8-15)10(16)9-13-11(17)12(2,3)4/h5,15H,1,6-9H2,2-4H3,(H,13,17). The van der Waals surface area contributed by atoms with Crippen molar-refractivity contribution in [3.63, 3.8) is 0 Å². The van der Waals surface area contributed by atoms with Crippen LogP contribution in [0, 0.1) is 5.41 Å². The Balaban J connectivity index is 4.23. The molecule has 0 aliphatic carbocycles. The van der Waals surface area contributed by atoms with E-state index in [1.807, 2.05) is 0 Å². The Kier molecular flexibility index (Phi) is 6.50. The second-order valence-corrected chi connectivity index (χ2v) is 4.78. The average Bonchev–Trinajstić information content (AvgIpc) is 2.23. The number of aliphatic hydroxyl groups excluding tert-OH is 1. The first kappa shape index (κ1) is 15.6. The van der Waals surface area contributed by atoms with Gasteiger partial charge in [0.1, 0.15) is 0 Å². The van der Waals surface area contributed by atoms with Crippen molar-refractivity contribution in [2.45, 2.75) is 20.8 Å². The molecule has 0 spiro atoms. The first-order valence-electron chi connectivity index (χ1n) is 5.60. The molecule has 0 atom stereocenters. The Morgan fingerprint density at radius 1 is 1.41 bits per heavy atom. The molecule has 0 aliphatic heterocycles. The maximum absolute atomic E-state index is 11.7. The van der Waals surface area contributed by atoms with Crippen molar-refractivity contribution in [2.24, 2.45) is 5.41 Å². The second kappa shape index (κ2) is 7.06. The number of carbonyl (C=O) groups excluding carboxylic acids is 2. The number of rotatable bonds is 6. The van der Waals surface area contributed by atoms with E-state index >= 15 is 0 Å². The molecule has 0 aromatic rings. The molecule has 0 aliphatic rings. The molecule has 0 unspecified atom stereocenters. The fourth-order valence-corrected chi connectivity index (χ4v) is 1.13. The Bertz CT molecular complexity index is 282. The van der Waals surface area contributed by atoms with E-state index in [1.165, 1.54) is 4.90 Å². The molecular formula is C12H22N2O3. The van der Waals surface area contributed by atoms with Gasteiger partial charge in [0, 0.05) is 18.5 Å². The van der Waals surface area contributed by atoms with Gasteiger partial charge < -0.3 is 15.3 Å². The van der Waals surface area contributed by atoms with Gasteiger partial charge in [-0.05, 0) is 0 Å². The van der Waals surface area contributed by atoms with E-state index in [-0.39, 0.29) is 31.5 Å². The van der Waals surface area contributed by atoms with Crippen molar-refractivity contribution >= 4 is 11.8 Å². The van der Waals surface area contributed by atoms with E-state index in [2.05, 4.69) is 11.9 Å². The van der Waals surface area contributed by atoms with Crippen LogP contribution in [-0.2, 0) is 9.59 Å². The Morgan fingerprint density at radius 3 is 2.41 bits per heavy atom. The number of nitrogens with one attached hydrogen (secondary N) is 1. The maximum Gasteiger partial charge on any atom is 0.242 e. The minimum absolute atomic E-state index is 0.0516. The minimum Gasteiger partial charge on any atom is -0.395 e. The van der Waals surface area contributed by atoms with Gasteiger partial charge in [0.05, 0.1) is 13.2 Å². The van der Waals surface area contributed by atoms with E-state index in [0.29, 0.717) is 6.54 Å². The first-order valence-corrected chi connectivity index (χ1v) is 5.60. The lowest BCUT2D eigenvalue weighted by molar-refractivity contribution is -0.135. The van der Waals surface area contributed by atoms with Crippen molar-refractivity contribution < 1.29 is 14.7 Å². The van der Waals surface area contributed by atoms with Crippen LogP contribution in [0.2, 0.25) is 0 Å². The largest absolute Gasteiger partial charge is 0.395 e. The molecule has 98 valence electrons. The summed E-state index contributed by atoms with van der Waals surface area (Å²) in [6.07, 6.45) is 1.58. The third-order valence-electron chi connectivity index (χ3n) is 2.15. The van der Waals surface area contributed by atoms with Gasteiger partial charge in [-0.15, -0.1) is 6.58 Å². The highest BCUT2D eigenvalue weighted by molar-refractivity contribution is 5.87. The van der Waals surface area contributed by atoms with E-state index < -0.39 is 5.41 Å². The molecule has 2 amide bonds. The normalized spacial score (nSPS) is 10.8. The van der Waals surface area contributed by atoms with Crippen LogP contribution in [0.3, 0.4) is 0 Å². The molecule has 17 heavy (non-hydrogen) atoms. The van der Waals surface area contributed by atoms with Gasteiger partial charge in [-0.25, -0.2) is 0 Å². The molecule has 0 rings (SSSR count). The SMILES string of the molecule is C=CCN(CCO)C(=O)CNC(=O)C(C)(C)C. The fraction of sp³-hybridized carbons (Fsp3) is 0.667. The van der Waals surface area contributed by atoms with Gasteiger partial charge in [0.25, 0.3) is 0 Å². The summed E-state index contributed by atoms with van der Waals surface area (Å²) in [5, 5.41) is 11.4. The van der Waals surface area contributed by atoms with Crippen LogP contribution in [0.4, 0.5) is 0 Å². The molecule has 2 N–H and O–H groups in total. The smallest absolute Gasteiger partial charge is 0.242 e. The molecule has 5 nitrogen and oxygen atoms in total. The van der Waals surface area contributed by atoms with Crippen molar-refractivity contribution in [3.8, 4) is 0 Å². The highest BCUT2D eigenvalue weighted by Gasteiger charge is 2.22. The lowest BCUT2D eigenvalue weighted by Gasteiger charge is -2.22. The summed E-state index contributed by atoms with van der Waals surface area (Å²) >= 11 is 0. The van der Waals surface area contributed by atoms with Gasteiger partial charge in [0.2, 0.25) is 11.8 Å². The molecule has 0 heterocycles. The van der Waals surface area contributed by atoms with Crippen molar-refractivity contribution in [1.82, 2.24) is 10.2 Å². The van der Waals surface area contributed by atoms with Gasteiger partial charge in [-0.2, -0.15) is 0 Å². The van der Waals surface area contributed by atoms with Crippen LogP contribution in [-0.4, -0.2) is 48.1 Å². The molecule has 5 heteroatoms. The van der Waals surface area contributed by atoms with Gasteiger partial charge >= 0.3 is 0 Å². The summed E-state index contributed by atoms with van der Waals surface area (Å²) < 4.78 is 0. The molecule has 0 fully saturated rings. The van der Waals surface area contributed by atoms with Crippen LogP contribution in [0.1, 0.15) is 20.8 Å². The van der Waals surface area contributed by atoms with Crippen molar-refractivity contribution in [3.05, 3.63) is 12.7 Å². The van der Waals surface area contributed by atoms with E-state index in [1.54, 1.807) is 26.8 Å². The number of hydrogen-bond acceptors (Lipinski definition) is 3. The second-order valence-electron chi connectivity index (χ2n) is 4.78. The predicted molar refractivity (Wildman–Crippen MR) is 66.3 cm³/mol. The molecule has 0 radical (unpaired) electrons. The van der Waals surface area contributed by atoms with Crippen molar-refractivity contribution in [1.29, 1.82) is 0 Å². The maximum atomic E-state index is 11.7. The molecule has 0 bridgehead atoms. The summed E-state index contributed by atoms with van der Waals surface area (Å²) in [7, 11) is 0. The lowest BCUT2D eigenvalue weighted by Crippen LogP contribution is -2.44. The summed E-state index contributed by atoms with van der Waals surface area (Å²) in [5.41, 5.74) is -0.513. The predicted octanol–water partition coefficient (Wildman–Crippen LogP) is 0.156. The topological polar surface area (TPSA) is 69.6 Å². The van der Waals surface area contributed by atoms with Crippen molar-refractivity contribution in [2.75, 3.05) is 26.2 Å². The molecule has 0 aromatic heterocycles. The Morgan fingerprint density at radius 2 is 2.00 bits per heavy atom. The van der Waals surface area contributed by atoms with E-state index in [4.69, 9.17) is 5.11 Å². The zero-order valence-corrected chi connectivity index (χ0v) is 10.8. The summed E-state index contributed by atoms with van der Waals surface area (Å²) in [5.74, 6) is -0.398. The quantitative estimate of drug-likeness (QED) is 0.652. The highest BCUT2D eigenvalue weighted by atomic mass is 16.3. The monoisotopic (exact) mass is 242 g/mol. The third kappa shape index (κ3) is 6.06. The molecule has 0 saturated heterocycles. The summed E-state index contributed by atoms with van der Waals surface area (Å²) in [6.45, 7) is 9.33. The number of carbonyl (C=O) groups is 2. The third-order valence-corrected chi connectivity index (χ3v) is 2.15. The zero-order valence-electron chi connectivity index (χ0n) is 10.8. The van der Waals surface area contributed by atoms with Gasteiger partial charge in [-0.3, -0.25) is 9.59 Å². The number of aliphatic hydroxyl groups is 1. The van der Waals surface area contributed by atoms with Gasteiger partial charge in [-0.1, -0.05) is 26.8 Å². The molecule has 0 aromatic carbocycles. The van der Waals surface area contributed by atoms with Gasteiger partial charge in [0.15, 0.2) is 0 Å². The van der Waals surface area contributed by atoms with Crippen LogP contribution in [0.5, 0.6) is 0 Å². The van der Waals surface area contributed by atoms with Crippen LogP contribution in [0.25, 0.3) is 0 Å². The number of hydrogen-bond donors (Lipinski definition) is 2. The van der Waals surface area contributed by atoms with Crippen LogP contribution in [0.15, 0.2) is 12.7 Å². The van der Waals surface area contributed by atoms with E-state index in [9.17, 15) is 9.59 Å².